The number of hydrogen-bond acceptors (Lipinski definition) is 2. The molecule has 1 N–H and O–H groups in total. The fourth-order valence-electron chi connectivity index (χ4n) is 0.486. The van der Waals surface area contributed by atoms with E-state index in [1.165, 1.54) is 17.2 Å². The third kappa shape index (κ3) is 1.10. The van der Waals surface area contributed by atoms with Crippen molar-refractivity contribution in [2.24, 2.45) is 0 Å². The van der Waals surface area contributed by atoms with E-state index in [4.69, 9.17) is 7.05 Å². The summed E-state index contributed by atoms with van der Waals surface area (Å²) < 4.78 is 0. The summed E-state index contributed by atoms with van der Waals surface area (Å²) in [6.45, 7) is 3.46. The first kappa shape index (κ1) is 5.88. The summed E-state index contributed by atoms with van der Waals surface area (Å²) >= 11 is 0. The van der Waals surface area contributed by atoms with Gasteiger partial charge in [-0.05, 0) is 0 Å². The minimum absolute atomic E-state index is 0.193. The van der Waals surface area contributed by atoms with Gasteiger partial charge in [0, 0.05) is 12.3 Å². The summed E-state index contributed by atoms with van der Waals surface area (Å²) in [5.41, 5.74) is 0. The summed E-state index contributed by atoms with van der Waals surface area (Å²) in [4.78, 5) is 11.7. The molecule has 0 atom stereocenters. The summed E-state index contributed by atoms with van der Waals surface area (Å²) in [5.74, 6) is 0.198. The van der Waals surface area contributed by atoms with E-state index in [2.05, 4.69) is 11.9 Å². The molecule has 1 rings (SSSR count). The highest BCUT2D eigenvalue weighted by atomic mass is 16.1. The summed E-state index contributed by atoms with van der Waals surface area (Å²) in [5, 5.41) is 2.41. The number of hydrogen-bond donors (Lipinski definition) is 1. The van der Waals surface area contributed by atoms with Crippen LogP contribution in [0.5, 0.6) is 0 Å². The quantitative estimate of drug-likeness (QED) is 0.493. The van der Waals surface area contributed by atoms with Gasteiger partial charge in [0.15, 0.2) is 0 Å². The largest absolute Gasteiger partial charge is 0.327 e. The summed E-state index contributed by atoms with van der Waals surface area (Å²) in [6, 6.07) is 0. The maximum Gasteiger partial charge on any atom is 0.250 e. The van der Waals surface area contributed by atoms with Gasteiger partial charge in [0.2, 0.25) is 0 Å². The summed E-state index contributed by atoms with van der Waals surface area (Å²) in [7, 11) is 5.27. The van der Waals surface area contributed by atoms with Crippen molar-refractivity contribution in [3.05, 3.63) is 31.7 Å². The first-order chi connectivity index (χ1) is 4.20. The van der Waals surface area contributed by atoms with Crippen LogP contribution < -0.4 is 5.32 Å². The average Bonchev–Trinajstić information content (AvgIpc) is 1.80. The molecule has 1 aliphatic rings. The zero-order chi connectivity index (χ0) is 6.85. The van der Waals surface area contributed by atoms with Crippen LogP contribution >= 0.6 is 0 Å². The third-order valence-electron chi connectivity index (χ3n) is 0.966. The molecule has 0 spiro atoms. The fraction of sp³-hybridized carbons (Fsp3) is 0. The van der Waals surface area contributed by atoms with Crippen molar-refractivity contribution in [1.29, 1.82) is 0 Å². The maximum atomic E-state index is 10.5. The van der Waals surface area contributed by atoms with E-state index in [9.17, 15) is 4.79 Å². The molecule has 46 valence electrons. The lowest BCUT2D eigenvalue weighted by Gasteiger charge is -2.19. The van der Waals surface area contributed by atoms with Crippen molar-refractivity contribution in [2.45, 2.75) is 0 Å². The van der Waals surface area contributed by atoms with E-state index in [1.54, 1.807) is 0 Å². The monoisotopic (exact) mass is 122 g/mol. The molecule has 0 fully saturated rings. The van der Waals surface area contributed by atoms with E-state index in [1.807, 2.05) is 0 Å². The highest BCUT2D eigenvalue weighted by molar-refractivity contribution is 5.89. The van der Waals surface area contributed by atoms with E-state index >= 15 is 0 Å². The molecule has 0 aromatic heterocycles. The number of nitrogens with one attached hydrogen (secondary N) is 1. The van der Waals surface area contributed by atoms with Gasteiger partial charge in [-0.3, -0.25) is 4.79 Å². The molecule has 0 aliphatic carbocycles. The van der Waals surface area contributed by atoms with Gasteiger partial charge in [-0.2, -0.15) is 0 Å². The Bertz CT molecular complexity index is 183. The molecule has 0 unspecified atom stereocenters. The van der Waals surface area contributed by atoms with Gasteiger partial charge in [-0.15, -0.1) is 0 Å². The van der Waals surface area contributed by atoms with Crippen LogP contribution in [-0.4, -0.2) is 10.8 Å². The van der Waals surface area contributed by atoms with Crippen LogP contribution in [0.3, 0.4) is 0 Å². The zero-order valence-corrected chi connectivity index (χ0v) is 4.79. The minimum Gasteiger partial charge on any atom is -0.327 e. The molecule has 0 aromatic carbocycles. The van der Waals surface area contributed by atoms with Gasteiger partial charge < -0.3 is 10.2 Å². The lowest BCUT2D eigenvalue weighted by molar-refractivity contribution is -0.116. The van der Waals surface area contributed by atoms with Crippen molar-refractivity contribution < 1.29 is 4.79 Å². The van der Waals surface area contributed by atoms with Crippen molar-refractivity contribution in [3.63, 3.8) is 0 Å². The van der Waals surface area contributed by atoms with Crippen LogP contribution in [0, 0.1) is 7.05 Å². The van der Waals surface area contributed by atoms with Crippen LogP contribution in [0.1, 0.15) is 0 Å². The number of nitrogens with zero attached hydrogens (tertiary/aromatic N) is 1. The standard InChI is InChI=1S/C6H6N2O/c1-5-7-6(9)3-4-8(5)2/h2-4H,1H2,(H,7,9). The SMILES string of the molecule is [CH]N1C=CC(=O)NC1=C. The lowest BCUT2D eigenvalue weighted by Crippen LogP contribution is -2.31. The molecule has 9 heavy (non-hydrogen) atoms. The van der Waals surface area contributed by atoms with Crippen LogP contribution in [0.2, 0.25) is 0 Å². The van der Waals surface area contributed by atoms with Crippen LogP contribution in [0.15, 0.2) is 24.7 Å². The Hall–Kier alpha value is -1.25. The molecule has 0 aromatic rings. The molecule has 0 saturated heterocycles. The molecular formula is C6H6N2O. The predicted molar refractivity (Wildman–Crippen MR) is 32.6 cm³/mol. The van der Waals surface area contributed by atoms with Crippen molar-refractivity contribution in [3.8, 4) is 0 Å². The van der Waals surface area contributed by atoms with E-state index in [0.717, 1.165) is 0 Å². The van der Waals surface area contributed by atoms with Gasteiger partial charge in [0.1, 0.15) is 5.82 Å². The molecule has 3 heteroatoms. The molecule has 0 saturated carbocycles. The number of rotatable bonds is 0. The zero-order valence-electron chi connectivity index (χ0n) is 4.79. The summed E-state index contributed by atoms with van der Waals surface area (Å²) in [6.07, 6.45) is 2.77. The van der Waals surface area contributed by atoms with E-state index in [-0.39, 0.29) is 5.91 Å². The van der Waals surface area contributed by atoms with Gasteiger partial charge >= 0.3 is 0 Å². The van der Waals surface area contributed by atoms with Crippen molar-refractivity contribution in [2.75, 3.05) is 0 Å². The molecule has 0 bridgehead atoms. The Morgan fingerprint density at radius 1 is 1.78 bits per heavy atom. The number of carbonyl (C=O) groups is 1. The highest BCUT2D eigenvalue weighted by Gasteiger charge is 2.07. The van der Waals surface area contributed by atoms with Crippen LogP contribution in [0.4, 0.5) is 0 Å². The maximum absolute atomic E-state index is 10.5. The molecule has 1 aliphatic heterocycles. The van der Waals surface area contributed by atoms with Gasteiger partial charge in [0.25, 0.3) is 5.91 Å². The topological polar surface area (TPSA) is 32.3 Å². The van der Waals surface area contributed by atoms with E-state index in [0.29, 0.717) is 5.82 Å². The Labute approximate surface area is 53.7 Å². The smallest absolute Gasteiger partial charge is 0.250 e. The van der Waals surface area contributed by atoms with Crippen LogP contribution in [0.25, 0.3) is 0 Å². The Morgan fingerprint density at radius 2 is 2.44 bits per heavy atom. The van der Waals surface area contributed by atoms with E-state index < -0.39 is 0 Å². The first-order valence-corrected chi connectivity index (χ1v) is 2.42. The van der Waals surface area contributed by atoms with Gasteiger partial charge in [0.05, 0.1) is 7.05 Å². The lowest BCUT2D eigenvalue weighted by atomic mass is 10.4. The second-order valence-corrected chi connectivity index (χ2v) is 1.66. The van der Waals surface area contributed by atoms with Gasteiger partial charge in [-0.1, -0.05) is 6.58 Å². The normalized spacial score (nSPS) is 18.1. The first-order valence-electron chi connectivity index (χ1n) is 2.42. The van der Waals surface area contributed by atoms with Gasteiger partial charge in [-0.25, -0.2) is 0 Å². The highest BCUT2D eigenvalue weighted by Crippen LogP contribution is 2.00. The Morgan fingerprint density at radius 3 is 2.89 bits per heavy atom. The second kappa shape index (κ2) is 1.93. The Balaban J connectivity index is 2.76. The van der Waals surface area contributed by atoms with Crippen molar-refractivity contribution >= 4 is 5.91 Å². The number of amides is 1. The third-order valence-corrected chi connectivity index (χ3v) is 0.966. The van der Waals surface area contributed by atoms with Crippen molar-refractivity contribution in [1.82, 2.24) is 10.2 Å². The molecular weight excluding hydrogens is 116 g/mol. The Kier molecular flexibility index (Phi) is 1.26. The molecule has 2 radical (unpaired) electrons. The molecule has 1 amide bonds. The number of carbonyl (C=O) groups excluding carboxylic acids is 1. The fourth-order valence-corrected chi connectivity index (χ4v) is 0.486. The van der Waals surface area contributed by atoms with Crippen LogP contribution in [-0.2, 0) is 4.79 Å². The minimum atomic E-state index is -0.193. The predicted octanol–water partition coefficient (Wildman–Crippen LogP) is 0.0717. The second-order valence-electron chi connectivity index (χ2n) is 1.66. The average molecular weight is 122 g/mol. The molecule has 1 heterocycles. The molecule has 3 nitrogen and oxygen atoms in total.